The average molecular weight is 322 g/mol. The Morgan fingerprint density at radius 1 is 1.14 bits per heavy atom. The maximum absolute atomic E-state index is 12.4. The molecule has 0 radical (unpaired) electrons. The molecule has 0 fully saturated rings. The number of aromatic nitrogens is 2. The Kier molecular flexibility index (Phi) is 4.08. The second-order valence-corrected chi connectivity index (χ2v) is 6.04. The van der Waals surface area contributed by atoms with Crippen molar-refractivity contribution >= 4 is 27.3 Å². The van der Waals surface area contributed by atoms with Crippen molar-refractivity contribution in [1.82, 2.24) is 10.2 Å². The molecule has 2 aromatic rings. The molecular formula is C13H10N2O6S. The minimum atomic E-state index is -3.98. The summed E-state index contributed by atoms with van der Waals surface area (Å²) in [5, 5.41) is 24.0. The maximum atomic E-state index is 12.4. The fourth-order valence-electron chi connectivity index (χ4n) is 1.65. The van der Waals surface area contributed by atoms with Gasteiger partial charge in [-0.25, -0.2) is 13.2 Å². The van der Waals surface area contributed by atoms with Crippen LogP contribution in [0.1, 0.15) is 5.69 Å². The summed E-state index contributed by atoms with van der Waals surface area (Å²) in [4.78, 5) is 21.1. The topological polar surface area (TPSA) is 137 Å². The molecule has 0 spiro atoms. The molecule has 0 unspecified atom stereocenters. The molecule has 0 aliphatic carbocycles. The summed E-state index contributed by atoms with van der Waals surface area (Å²) in [6.07, 6.45) is 1.37. The number of aliphatic hydroxyl groups is 1. The van der Waals surface area contributed by atoms with Gasteiger partial charge in [0.15, 0.2) is 0 Å². The Morgan fingerprint density at radius 2 is 1.77 bits per heavy atom. The quantitative estimate of drug-likeness (QED) is 0.420. The van der Waals surface area contributed by atoms with Gasteiger partial charge in [-0.1, -0.05) is 18.2 Å². The van der Waals surface area contributed by atoms with E-state index >= 15 is 0 Å². The number of sulfone groups is 1. The molecule has 0 bridgehead atoms. The summed E-state index contributed by atoms with van der Waals surface area (Å²) in [6, 6.07) is 7.40. The third-order valence-electron chi connectivity index (χ3n) is 2.68. The highest BCUT2D eigenvalue weighted by Crippen LogP contribution is 2.25. The van der Waals surface area contributed by atoms with Crippen LogP contribution in [0.2, 0.25) is 0 Å². The molecule has 0 aliphatic heterocycles. The Balaban J connectivity index is 2.51. The van der Waals surface area contributed by atoms with Gasteiger partial charge < -0.3 is 10.2 Å². The predicted octanol–water partition coefficient (Wildman–Crippen LogP) is 0.795. The highest BCUT2D eigenvalue weighted by molar-refractivity contribution is 7.91. The zero-order valence-corrected chi connectivity index (χ0v) is 11.7. The van der Waals surface area contributed by atoms with Crippen molar-refractivity contribution in [2.24, 2.45) is 0 Å². The van der Waals surface area contributed by atoms with Gasteiger partial charge in [0.25, 0.3) is 5.78 Å². The Morgan fingerprint density at radius 3 is 2.36 bits per heavy atom. The molecular weight excluding hydrogens is 312 g/mol. The lowest BCUT2D eigenvalue weighted by Crippen LogP contribution is -2.10. The molecule has 0 saturated carbocycles. The van der Waals surface area contributed by atoms with Gasteiger partial charge in [-0.2, -0.15) is 5.10 Å². The number of hydrogen-bond acceptors (Lipinski definition) is 6. The van der Waals surface area contributed by atoms with Crippen LogP contribution in [0.25, 0.3) is 5.76 Å². The largest absolute Gasteiger partial charge is 0.506 e. The molecule has 8 nitrogen and oxygen atoms in total. The van der Waals surface area contributed by atoms with E-state index in [1.54, 1.807) is 6.07 Å². The van der Waals surface area contributed by atoms with Crippen LogP contribution in [-0.2, 0) is 19.4 Å². The van der Waals surface area contributed by atoms with E-state index in [1.165, 1.54) is 24.3 Å². The summed E-state index contributed by atoms with van der Waals surface area (Å²) in [6.45, 7) is 0. The molecule has 114 valence electrons. The first kappa shape index (κ1) is 15.4. The number of rotatable bonds is 5. The monoisotopic (exact) mass is 322 g/mol. The molecule has 1 heterocycles. The number of H-pyrrole nitrogens is 1. The van der Waals surface area contributed by atoms with Crippen molar-refractivity contribution in [3.05, 3.63) is 48.3 Å². The lowest BCUT2D eigenvalue weighted by molar-refractivity contribution is -0.146. The van der Waals surface area contributed by atoms with Gasteiger partial charge in [-0.15, -0.1) is 0 Å². The van der Waals surface area contributed by atoms with Crippen LogP contribution in [0.5, 0.6) is 0 Å². The number of carboxylic acid groups (broad SMARTS) is 1. The number of benzene rings is 1. The fourth-order valence-corrected chi connectivity index (χ4v) is 3.03. The zero-order valence-electron chi connectivity index (χ0n) is 10.9. The Hall–Kier alpha value is -2.94. The van der Waals surface area contributed by atoms with Crippen molar-refractivity contribution in [1.29, 1.82) is 0 Å². The number of carboxylic acids is 1. The molecule has 1 aromatic carbocycles. The number of aliphatic hydroxyl groups excluding tert-OH is 1. The second-order valence-electron chi connectivity index (χ2n) is 4.12. The Labute approximate surface area is 124 Å². The summed E-state index contributed by atoms with van der Waals surface area (Å²) < 4.78 is 24.9. The first-order valence-electron chi connectivity index (χ1n) is 5.86. The van der Waals surface area contributed by atoms with Crippen LogP contribution in [0.3, 0.4) is 0 Å². The highest BCUT2D eigenvalue weighted by atomic mass is 32.2. The van der Waals surface area contributed by atoms with Crippen LogP contribution >= 0.6 is 0 Å². The van der Waals surface area contributed by atoms with E-state index in [9.17, 15) is 23.1 Å². The lowest BCUT2D eigenvalue weighted by atomic mass is 10.3. The lowest BCUT2D eigenvalue weighted by Gasteiger charge is -2.04. The van der Waals surface area contributed by atoms with Gasteiger partial charge in [-0.05, 0) is 12.1 Å². The number of aromatic amines is 1. The summed E-state index contributed by atoms with van der Waals surface area (Å²) in [7, 11) is -3.98. The second kappa shape index (κ2) is 5.82. The molecule has 0 atom stereocenters. The van der Waals surface area contributed by atoms with E-state index in [1.807, 2.05) is 0 Å². The van der Waals surface area contributed by atoms with Gasteiger partial charge in [0.05, 0.1) is 11.1 Å². The molecule has 2 rings (SSSR count). The first-order chi connectivity index (χ1) is 10.3. The van der Waals surface area contributed by atoms with Crippen LogP contribution in [-0.4, -0.2) is 40.6 Å². The van der Waals surface area contributed by atoms with Crippen LogP contribution < -0.4 is 0 Å². The first-order valence-corrected chi connectivity index (χ1v) is 7.34. The maximum Gasteiger partial charge on any atom is 0.376 e. The van der Waals surface area contributed by atoms with E-state index in [-0.39, 0.29) is 15.5 Å². The molecule has 0 saturated heterocycles. The molecule has 1 aromatic heterocycles. The SMILES string of the molecule is O=C(O)C(=O)C=C(O)c1[nH]ncc1S(=O)(=O)c1ccccc1. The molecule has 22 heavy (non-hydrogen) atoms. The number of nitrogens with zero attached hydrogens (tertiary/aromatic N) is 1. The van der Waals surface area contributed by atoms with Gasteiger partial charge in [0.1, 0.15) is 16.3 Å². The van der Waals surface area contributed by atoms with Crippen molar-refractivity contribution in [2.75, 3.05) is 0 Å². The summed E-state index contributed by atoms with van der Waals surface area (Å²) >= 11 is 0. The molecule has 0 aliphatic rings. The van der Waals surface area contributed by atoms with Crippen molar-refractivity contribution < 1.29 is 28.2 Å². The number of aliphatic carboxylic acids is 1. The van der Waals surface area contributed by atoms with Crippen molar-refractivity contribution in [3.63, 3.8) is 0 Å². The predicted molar refractivity (Wildman–Crippen MR) is 73.7 cm³/mol. The highest BCUT2D eigenvalue weighted by Gasteiger charge is 2.25. The third kappa shape index (κ3) is 2.88. The van der Waals surface area contributed by atoms with Crippen LogP contribution in [0, 0.1) is 0 Å². The van der Waals surface area contributed by atoms with E-state index in [0.717, 1.165) is 6.20 Å². The van der Waals surface area contributed by atoms with Crippen molar-refractivity contribution in [3.8, 4) is 0 Å². The van der Waals surface area contributed by atoms with Crippen LogP contribution in [0.4, 0.5) is 0 Å². The molecule has 9 heteroatoms. The molecule has 0 amide bonds. The van der Waals surface area contributed by atoms with Gasteiger partial charge in [-0.3, -0.25) is 9.89 Å². The number of carbonyl (C=O) groups excluding carboxylic acids is 1. The number of hydrogen-bond donors (Lipinski definition) is 3. The van der Waals surface area contributed by atoms with Crippen molar-refractivity contribution in [2.45, 2.75) is 9.79 Å². The summed E-state index contributed by atoms with van der Waals surface area (Å²) in [5.41, 5.74) is -0.363. The average Bonchev–Trinajstić information content (AvgIpc) is 2.98. The van der Waals surface area contributed by atoms with E-state index in [2.05, 4.69) is 10.2 Å². The zero-order chi connectivity index (χ0) is 16.3. The van der Waals surface area contributed by atoms with E-state index in [4.69, 9.17) is 5.11 Å². The Bertz CT molecular complexity index is 852. The number of ketones is 1. The minimum Gasteiger partial charge on any atom is -0.506 e. The minimum absolute atomic E-state index is 0.0324. The molecule has 3 N–H and O–H groups in total. The number of nitrogens with one attached hydrogen (secondary N) is 1. The van der Waals surface area contributed by atoms with Gasteiger partial charge >= 0.3 is 5.97 Å². The third-order valence-corrected chi connectivity index (χ3v) is 4.46. The van der Waals surface area contributed by atoms with Crippen LogP contribution in [0.15, 0.2) is 52.4 Å². The van der Waals surface area contributed by atoms with Gasteiger partial charge in [0, 0.05) is 6.08 Å². The number of carbonyl (C=O) groups is 2. The van der Waals surface area contributed by atoms with Gasteiger partial charge in [0.2, 0.25) is 9.84 Å². The standard InChI is InChI=1S/C13H10N2O6S/c16-9(6-10(17)13(18)19)12-11(7-14-15-12)22(20,21)8-4-2-1-3-5-8/h1-7,16H,(H,14,15)(H,18,19). The summed E-state index contributed by atoms with van der Waals surface area (Å²) in [5.74, 6) is -4.01. The van der Waals surface area contributed by atoms with E-state index in [0.29, 0.717) is 6.08 Å². The smallest absolute Gasteiger partial charge is 0.376 e. The fraction of sp³-hybridized carbons (Fsp3) is 0. The normalized spacial score (nSPS) is 12.1. The van der Waals surface area contributed by atoms with E-state index < -0.39 is 27.3 Å².